The highest BCUT2D eigenvalue weighted by Crippen LogP contribution is 2.37. The second kappa shape index (κ2) is 5.72. The van der Waals surface area contributed by atoms with Gasteiger partial charge >= 0.3 is 0 Å². The standard InChI is InChI=1S/C18H18ClN/c1-2-13-5-3-4-6-16(13)18-17(11-12-20-18)14-7-9-15(19)10-8-14/h3-12,17-18,20H,2H2,1H3. The highest BCUT2D eigenvalue weighted by Gasteiger charge is 2.26. The number of benzene rings is 2. The van der Waals surface area contributed by atoms with E-state index < -0.39 is 0 Å². The molecule has 3 rings (SSSR count). The number of hydrogen-bond donors (Lipinski definition) is 1. The molecule has 0 fully saturated rings. The first kappa shape index (κ1) is 13.3. The molecule has 2 atom stereocenters. The quantitative estimate of drug-likeness (QED) is 0.849. The van der Waals surface area contributed by atoms with Crippen LogP contribution >= 0.6 is 11.6 Å². The summed E-state index contributed by atoms with van der Waals surface area (Å²) in [6.07, 6.45) is 5.36. The number of nitrogens with one attached hydrogen (secondary N) is 1. The van der Waals surface area contributed by atoms with Gasteiger partial charge in [-0.3, -0.25) is 0 Å². The Hall–Kier alpha value is -1.73. The number of halogens is 1. The number of aryl methyl sites for hydroxylation is 1. The van der Waals surface area contributed by atoms with Gasteiger partial charge in [-0.05, 0) is 41.4 Å². The highest BCUT2D eigenvalue weighted by molar-refractivity contribution is 6.30. The van der Waals surface area contributed by atoms with Crippen LogP contribution in [0, 0.1) is 0 Å². The third-order valence-electron chi connectivity index (χ3n) is 3.96. The molecule has 0 spiro atoms. The zero-order valence-electron chi connectivity index (χ0n) is 11.5. The van der Waals surface area contributed by atoms with Crippen molar-refractivity contribution in [3.8, 4) is 0 Å². The molecule has 0 aliphatic carbocycles. The van der Waals surface area contributed by atoms with E-state index in [4.69, 9.17) is 11.6 Å². The summed E-state index contributed by atoms with van der Waals surface area (Å²) in [5, 5.41) is 4.28. The molecular weight excluding hydrogens is 266 g/mol. The fraction of sp³-hybridized carbons (Fsp3) is 0.222. The molecule has 1 aliphatic heterocycles. The van der Waals surface area contributed by atoms with Gasteiger partial charge in [-0.15, -0.1) is 0 Å². The second-order valence-electron chi connectivity index (χ2n) is 5.13. The monoisotopic (exact) mass is 283 g/mol. The average molecular weight is 284 g/mol. The molecule has 1 nitrogen and oxygen atoms in total. The Labute approximate surface area is 125 Å². The summed E-state index contributed by atoms with van der Waals surface area (Å²) in [4.78, 5) is 0. The van der Waals surface area contributed by atoms with E-state index in [1.165, 1.54) is 16.7 Å². The Morgan fingerprint density at radius 1 is 1.05 bits per heavy atom. The van der Waals surface area contributed by atoms with E-state index in [-0.39, 0.29) is 0 Å². The van der Waals surface area contributed by atoms with Crippen molar-refractivity contribution in [2.45, 2.75) is 25.3 Å². The van der Waals surface area contributed by atoms with Crippen LogP contribution in [0.4, 0.5) is 0 Å². The molecule has 1 heterocycles. The van der Waals surface area contributed by atoms with E-state index in [1.807, 2.05) is 12.1 Å². The van der Waals surface area contributed by atoms with Crippen molar-refractivity contribution in [3.63, 3.8) is 0 Å². The molecule has 0 radical (unpaired) electrons. The average Bonchev–Trinajstić information content (AvgIpc) is 2.97. The van der Waals surface area contributed by atoms with Gasteiger partial charge < -0.3 is 5.32 Å². The van der Waals surface area contributed by atoms with Crippen LogP contribution in [-0.4, -0.2) is 0 Å². The van der Waals surface area contributed by atoms with E-state index in [9.17, 15) is 0 Å². The molecule has 1 N–H and O–H groups in total. The zero-order chi connectivity index (χ0) is 13.9. The Bertz CT molecular complexity index is 616. The zero-order valence-corrected chi connectivity index (χ0v) is 12.3. The largest absolute Gasteiger partial charge is 0.383 e. The summed E-state index contributed by atoms with van der Waals surface area (Å²) in [5.74, 6) is 0.361. The van der Waals surface area contributed by atoms with E-state index in [0.717, 1.165) is 11.4 Å². The lowest BCUT2D eigenvalue weighted by Crippen LogP contribution is -2.18. The molecule has 2 unspecified atom stereocenters. The normalized spacial score (nSPS) is 20.9. The Kier molecular flexibility index (Phi) is 3.79. The third kappa shape index (κ3) is 2.46. The molecular formula is C18H18ClN. The fourth-order valence-corrected chi connectivity index (χ4v) is 3.04. The summed E-state index contributed by atoms with van der Waals surface area (Å²) >= 11 is 5.99. The molecule has 2 aromatic rings. The predicted octanol–water partition coefficient (Wildman–Crippen LogP) is 4.84. The van der Waals surface area contributed by atoms with Gasteiger partial charge in [0.05, 0.1) is 6.04 Å². The van der Waals surface area contributed by atoms with Gasteiger partial charge in [0.25, 0.3) is 0 Å². The highest BCUT2D eigenvalue weighted by atomic mass is 35.5. The molecule has 1 aliphatic rings. The lowest BCUT2D eigenvalue weighted by Gasteiger charge is -2.23. The van der Waals surface area contributed by atoms with Gasteiger partial charge in [0.15, 0.2) is 0 Å². The van der Waals surface area contributed by atoms with Crippen LogP contribution in [0.3, 0.4) is 0 Å². The first-order valence-electron chi connectivity index (χ1n) is 7.05. The first-order chi connectivity index (χ1) is 9.79. The molecule has 20 heavy (non-hydrogen) atoms. The molecule has 0 aromatic heterocycles. The number of hydrogen-bond acceptors (Lipinski definition) is 1. The molecule has 0 saturated heterocycles. The van der Waals surface area contributed by atoms with Gasteiger partial charge in [-0.2, -0.15) is 0 Å². The van der Waals surface area contributed by atoms with E-state index in [0.29, 0.717) is 12.0 Å². The van der Waals surface area contributed by atoms with Crippen molar-refractivity contribution < 1.29 is 0 Å². The van der Waals surface area contributed by atoms with E-state index >= 15 is 0 Å². The molecule has 2 heteroatoms. The maximum Gasteiger partial charge on any atom is 0.0614 e. The van der Waals surface area contributed by atoms with Gasteiger partial charge in [0.1, 0.15) is 0 Å². The van der Waals surface area contributed by atoms with Crippen molar-refractivity contribution in [1.29, 1.82) is 0 Å². The molecule has 102 valence electrons. The van der Waals surface area contributed by atoms with Crippen LogP contribution < -0.4 is 5.32 Å². The van der Waals surface area contributed by atoms with Gasteiger partial charge in [-0.1, -0.05) is 61.0 Å². The minimum Gasteiger partial charge on any atom is -0.383 e. The summed E-state index contributed by atoms with van der Waals surface area (Å²) in [6.45, 7) is 2.21. The maximum atomic E-state index is 5.99. The molecule has 2 aromatic carbocycles. The van der Waals surface area contributed by atoms with Crippen LogP contribution in [-0.2, 0) is 6.42 Å². The number of rotatable bonds is 3. The van der Waals surface area contributed by atoms with Crippen molar-refractivity contribution in [2.24, 2.45) is 0 Å². The minimum absolute atomic E-state index is 0.312. The van der Waals surface area contributed by atoms with Crippen LogP contribution in [0.2, 0.25) is 5.02 Å². The molecule has 0 saturated carbocycles. The summed E-state index contributed by atoms with van der Waals surface area (Å²) < 4.78 is 0. The van der Waals surface area contributed by atoms with Crippen molar-refractivity contribution in [3.05, 3.63) is 82.5 Å². The Morgan fingerprint density at radius 3 is 2.55 bits per heavy atom. The van der Waals surface area contributed by atoms with Gasteiger partial charge in [0, 0.05) is 10.9 Å². The molecule has 0 amide bonds. The van der Waals surface area contributed by atoms with E-state index in [1.54, 1.807) is 0 Å². The third-order valence-corrected chi connectivity index (χ3v) is 4.22. The summed E-state index contributed by atoms with van der Waals surface area (Å²) in [7, 11) is 0. The van der Waals surface area contributed by atoms with Crippen LogP contribution in [0.5, 0.6) is 0 Å². The van der Waals surface area contributed by atoms with Crippen molar-refractivity contribution in [1.82, 2.24) is 5.32 Å². The summed E-state index contributed by atoms with van der Waals surface area (Å²) in [5.41, 5.74) is 4.10. The fourth-order valence-electron chi connectivity index (χ4n) is 2.91. The Morgan fingerprint density at radius 2 is 1.80 bits per heavy atom. The van der Waals surface area contributed by atoms with Crippen LogP contribution in [0.15, 0.2) is 60.8 Å². The maximum absolute atomic E-state index is 5.99. The second-order valence-corrected chi connectivity index (χ2v) is 5.57. The summed E-state index contributed by atoms with van der Waals surface area (Å²) in [6, 6.07) is 17.2. The lowest BCUT2D eigenvalue weighted by molar-refractivity contribution is 0.599. The smallest absolute Gasteiger partial charge is 0.0614 e. The van der Waals surface area contributed by atoms with Crippen LogP contribution in [0.1, 0.15) is 35.6 Å². The first-order valence-corrected chi connectivity index (χ1v) is 7.43. The van der Waals surface area contributed by atoms with E-state index in [2.05, 4.69) is 60.9 Å². The minimum atomic E-state index is 0.312. The lowest BCUT2D eigenvalue weighted by atomic mass is 9.86. The van der Waals surface area contributed by atoms with Crippen molar-refractivity contribution >= 4 is 11.6 Å². The Balaban J connectivity index is 1.95. The van der Waals surface area contributed by atoms with Gasteiger partial charge in [-0.25, -0.2) is 0 Å². The SMILES string of the molecule is CCc1ccccc1C1NC=CC1c1ccc(Cl)cc1. The van der Waals surface area contributed by atoms with Gasteiger partial charge in [0.2, 0.25) is 0 Å². The van der Waals surface area contributed by atoms with Crippen LogP contribution in [0.25, 0.3) is 0 Å². The van der Waals surface area contributed by atoms with Crippen molar-refractivity contribution in [2.75, 3.05) is 0 Å². The predicted molar refractivity (Wildman–Crippen MR) is 85.0 cm³/mol. The topological polar surface area (TPSA) is 12.0 Å². The molecule has 0 bridgehead atoms.